The van der Waals surface area contributed by atoms with Crippen LogP contribution in [0.15, 0.2) is 45.6 Å². The highest BCUT2D eigenvalue weighted by Gasteiger charge is 2.45. The van der Waals surface area contributed by atoms with Crippen LogP contribution in [0.25, 0.3) is 11.0 Å². The Hall–Kier alpha value is -3.52. The Kier molecular flexibility index (Phi) is 5.25. The average molecular weight is 462 g/mol. The van der Waals surface area contributed by atoms with Gasteiger partial charge in [0.15, 0.2) is 5.43 Å². The number of hydrogen-bond acceptors (Lipinski definition) is 7. The van der Waals surface area contributed by atoms with Crippen LogP contribution in [0.5, 0.6) is 5.75 Å². The lowest BCUT2D eigenvalue weighted by Crippen LogP contribution is -2.29. The Morgan fingerprint density at radius 3 is 2.67 bits per heavy atom. The van der Waals surface area contributed by atoms with Crippen molar-refractivity contribution in [1.29, 1.82) is 0 Å². The van der Waals surface area contributed by atoms with E-state index in [0.717, 1.165) is 34.5 Å². The molecule has 3 heterocycles. The molecule has 1 atom stereocenters. The predicted molar refractivity (Wildman–Crippen MR) is 128 cm³/mol. The van der Waals surface area contributed by atoms with Crippen molar-refractivity contribution in [2.45, 2.75) is 39.7 Å². The molecule has 1 aliphatic rings. The van der Waals surface area contributed by atoms with Crippen LogP contribution in [-0.4, -0.2) is 23.2 Å². The lowest BCUT2D eigenvalue weighted by molar-refractivity contribution is 0.0970. The molecule has 168 valence electrons. The number of ether oxygens (including phenoxy) is 1. The van der Waals surface area contributed by atoms with Gasteiger partial charge < -0.3 is 9.15 Å². The number of benzene rings is 2. The Morgan fingerprint density at radius 1 is 1.12 bits per heavy atom. The molecule has 0 spiro atoms. The van der Waals surface area contributed by atoms with Gasteiger partial charge in [-0.1, -0.05) is 30.4 Å². The third kappa shape index (κ3) is 3.41. The van der Waals surface area contributed by atoms with E-state index in [9.17, 15) is 9.59 Å². The molecule has 4 aromatic rings. The molecule has 0 bridgehead atoms. The summed E-state index contributed by atoms with van der Waals surface area (Å²) in [6, 6.07) is 10.3. The van der Waals surface area contributed by atoms with Crippen LogP contribution in [-0.2, 0) is 6.42 Å². The van der Waals surface area contributed by atoms with E-state index in [0.29, 0.717) is 27.4 Å². The first kappa shape index (κ1) is 21.3. The van der Waals surface area contributed by atoms with Gasteiger partial charge in [0.2, 0.25) is 10.9 Å². The molecule has 0 radical (unpaired) electrons. The van der Waals surface area contributed by atoms with Crippen molar-refractivity contribution in [3.8, 4) is 5.75 Å². The van der Waals surface area contributed by atoms with Crippen molar-refractivity contribution in [1.82, 2.24) is 10.2 Å². The van der Waals surface area contributed by atoms with Crippen LogP contribution in [0.4, 0.5) is 5.13 Å². The standard InChI is InChI=1S/C25H23N3O4S/c1-5-7-19-26-27-25(33-19)28-21(15-8-6-9-16(12-15)31-4)20-22(29)17-10-13(2)14(3)11-18(17)32-23(20)24(28)30/h6,8-12,21H,5,7H2,1-4H3/t21-/m0/s1. The zero-order chi connectivity index (χ0) is 23.3. The largest absolute Gasteiger partial charge is 0.497 e. The fraction of sp³-hybridized carbons (Fsp3) is 0.280. The Labute approximate surface area is 194 Å². The zero-order valence-electron chi connectivity index (χ0n) is 18.8. The summed E-state index contributed by atoms with van der Waals surface area (Å²) in [5, 5.41) is 10.3. The molecular weight excluding hydrogens is 438 g/mol. The van der Waals surface area contributed by atoms with Gasteiger partial charge in [-0.2, -0.15) is 0 Å². The van der Waals surface area contributed by atoms with E-state index in [2.05, 4.69) is 17.1 Å². The van der Waals surface area contributed by atoms with Crippen LogP contribution >= 0.6 is 11.3 Å². The number of nitrogens with zero attached hydrogens (tertiary/aromatic N) is 3. The maximum atomic E-state index is 13.7. The van der Waals surface area contributed by atoms with Gasteiger partial charge in [-0.05, 0) is 61.2 Å². The van der Waals surface area contributed by atoms with E-state index < -0.39 is 11.9 Å². The van der Waals surface area contributed by atoms with Gasteiger partial charge in [0.25, 0.3) is 5.91 Å². The molecule has 2 aromatic carbocycles. The normalized spacial score (nSPS) is 15.3. The average Bonchev–Trinajstić information content (AvgIpc) is 3.38. The predicted octanol–water partition coefficient (Wildman–Crippen LogP) is 4.97. The highest BCUT2D eigenvalue weighted by molar-refractivity contribution is 7.15. The molecule has 8 heteroatoms. The van der Waals surface area contributed by atoms with E-state index >= 15 is 0 Å². The fourth-order valence-corrected chi connectivity index (χ4v) is 5.18. The molecule has 0 fully saturated rings. The number of rotatable bonds is 5. The molecule has 33 heavy (non-hydrogen) atoms. The summed E-state index contributed by atoms with van der Waals surface area (Å²) < 4.78 is 11.5. The van der Waals surface area contributed by atoms with Gasteiger partial charge >= 0.3 is 0 Å². The van der Waals surface area contributed by atoms with Crippen LogP contribution in [0, 0.1) is 13.8 Å². The summed E-state index contributed by atoms with van der Waals surface area (Å²) in [5.74, 6) is 0.291. The summed E-state index contributed by atoms with van der Waals surface area (Å²) >= 11 is 1.36. The topological polar surface area (TPSA) is 85.5 Å². The van der Waals surface area contributed by atoms with Crippen molar-refractivity contribution in [2.24, 2.45) is 0 Å². The van der Waals surface area contributed by atoms with Crippen LogP contribution in [0.3, 0.4) is 0 Å². The highest BCUT2D eigenvalue weighted by Crippen LogP contribution is 2.43. The number of fused-ring (bicyclic) bond motifs is 2. The number of carbonyl (C=O) groups excluding carboxylic acids is 1. The lowest BCUT2D eigenvalue weighted by Gasteiger charge is -2.22. The van der Waals surface area contributed by atoms with Gasteiger partial charge in [0.05, 0.1) is 24.1 Å². The van der Waals surface area contributed by atoms with Crippen LogP contribution in [0.2, 0.25) is 0 Å². The summed E-state index contributed by atoms with van der Waals surface area (Å²) in [6.45, 7) is 5.97. The molecule has 1 aliphatic heterocycles. The number of hydrogen-bond donors (Lipinski definition) is 0. The van der Waals surface area contributed by atoms with Crippen molar-refractivity contribution < 1.29 is 13.9 Å². The lowest BCUT2D eigenvalue weighted by atomic mass is 9.97. The third-order valence-electron chi connectivity index (χ3n) is 6.02. The molecule has 0 N–H and O–H groups in total. The molecule has 0 saturated carbocycles. The maximum absolute atomic E-state index is 13.7. The molecule has 0 aliphatic carbocycles. The summed E-state index contributed by atoms with van der Waals surface area (Å²) in [6.07, 6.45) is 1.70. The fourth-order valence-electron chi connectivity index (χ4n) is 4.21. The summed E-state index contributed by atoms with van der Waals surface area (Å²) in [7, 11) is 1.58. The molecule has 2 aromatic heterocycles. The molecule has 0 unspecified atom stereocenters. The Balaban J connectivity index is 1.78. The maximum Gasteiger partial charge on any atom is 0.297 e. The third-order valence-corrected chi connectivity index (χ3v) is 7.00. The molecule has 1 amide bonds. The van der Waals surface area contributed by atoms with E-state index in [-0.39, 0.29) is 11.2 Å². The SMILES string of the molecule is CCCc1nnc(N2C(=O)c3oc4cc(C)c(C)cc4c(=O)c3[C@@H]2c2cccc(OC)c2)s1. The number of anilines is 1. The van der Waals surface area contributed by atoms with Crippen LogP contribution in [0.1, 0.15) is 57.2 Å². The van der Waals surface area contributed by atoms with Crippen molar-refractivity contribution >= 4 is 33.3 Å². The molecule has 0 saturated heterocycles. The summed E-state index contributed by atoms with van der Waals surface area (Å²) in [5.41, 5.74) is 3.23. The van der Waals surface area contributed by atoms with Crippen molar-refractivity contribution in [3.05, 3.63) is 79.6 Å². The summed E-state index contributed by atoms with van der Waals surface area (Å²) in [4.78, 5) is 28.9. The second kappa shape index (κ2) is 8.12. The van der Waals surface area contributed by atoms with Crippen LogP contribution < -0.4 is 15.1 Å². The van der Waals surface area contributed by atoms with E-state index in [1.165, 1.54) is 16.2 Å². The van der Waals surface area contributed by atoms with E-state index in [1.54, 1.807) is 7.11 Å². The first-order valence-corrected chi connectivity index (χ1v) is 11.6. The molecule has 5 rings (SSSR count). The smallest absolute Gasteiger partial charge is 0.297 e. The van der Waals surface area contributed by atoms with Crippen molar-refractivity contribution in [3.63, 3.8) is 0 Å². The number of aryl methyl sites for hydroxylation is 3. The van der Waals surface area contributed by atoms with Gasteiger partial charge in [0.1, 0.15) is 16.3 Å². The minimum atomic E-state index is -0.688. The van der Waals surface area contributed by atoms with E-state index in [4.69, 9.17) is 9.15 Å². The minimum Gasteiger partial charge on any atom is -0.497 e. The number of aromatic nitrogens is 2. The molecular formula is C25H23N3O4S. The second-order valence-corrected chi connectivity index (χ2v) is 9.23. The number of amides is 1. The highest BCUT2D eigenvalue weighted by atomic mass is 32.1. The number of carbonyl (C=O) groups is 1. The Morgan fingerprint density at radius 2 is 1.91 bits per heavy atom. The van der Waals surface area contributed by atoms with Gasteiger partial charge in [-0.15, -0.1) is 10.2 Å². The quantitative estimate of drug-likeness (QED) is 0.417. The van der Waals surface area contributed by atoms with Gasteiger partial charge in [-0.25, -0.2) is 0 Å². The second-order valence-electron chi connectivity index (χ2n) is 8.19. The minimum absolute atomic E-state index is 0.0517. The van der Waals surface area contributed by atoms with Gasteiger partial charge in [0, 0.05) is 6.42 Å². The number of methoxy groups -OCH3 is 1. The monoisotopic (exact) mass is 461 g/mol. The first-order valence-electron chi connectivity index (χ1n) is 10.8. The zero-order valence-corrected chi connectivity index (χ0v) is 19.7. The first-order chi connectivity index (χ1) is 15.9. The van der Waals surface area contributed by atoms with Gasteiger partial charge in [-0.3, -0.25) is 14.5 Å². The molecule has 7 nitrogen and oxygen atoms in total. The Bertz CT molecular complexity index is 1460. The van der Waals surface area contributed by atoms with E-state index in [1.807, 2.05) is 50.2 Å². The van der Waals surface area contributed by atoms with Crippen molar-refractivity contribution in [2.75, 3.05) is 12.0 Å².